The second-order valence-corrected chi connectivity index (χ2v) is 6.13. The van der Waals surface area contributed by atoms with Crippen LogP contribution in [0, 0.1) is 0 Å². The topological polar surface area (TPSA) is 102 Å². The molecule has 0 spiro atoms. The van der Waals surface area contributed by atoms with E-state index in [4.69, 9.17) is 28.4 Å². The third kappa shape index (κ3) is 7.29. The predicted octanol–water partition coefficient (Wildman–Crippen LogP) is 3.06. The first-order chi connectivity index (χ1) is 15.0. The van der Waals surface area contributed by atoms with E-state index in [1.165, 1.54) is 21.3 Å². The first-order valence-corrected chi connectivity index (χ1v) is 9.61. The monoisotopic (exact) mass is 433 g/mol. The molecule has 0 saturated heterocycles. The minimum absolute atomic E-state index is 0.00464. The van der Waals surface area contributed by atoms with Crippen LogP contribution in [0.4, 0.5) is 5.69 Å². The number of ether oxygens (including phenoxy) is 6. The largest absolute Gasteiger partial charge is 0.494 e. The third-order valence-corrected chi connectivity index (χ3v) is 4.02. The molecule has 0 fully saturated rings. The van der Waals surface area contributed by atoms with Crippen LogP contribution in [0.2, 0.25) is 0 Å². The molecule has 9 heteroatoms. The van der Waals surface area contributed by atoms with E-state index in [9.17, 15) is 9.59 Å². The molecule has 0 saturated carbocycles. The van der Waals surface area contributed by atoms with Gasteiger partial charge in [0.05, 0.1) is 41.0 Å². The lowest BCUT2D eigenvalue weighted by Crippen LogP contribution is -2.21. The Hall–Kier alpha value is -3.62. The number of benzene rings is 2. The van der Waals surface area contributed by atoms with Crippen molar-refractivity contribution in [3.63, 3.8) is 0 Å². The number of hydrogen-bond donors (Lipinski definition) is 1. The number of carbonyl (C=O) groups is 2. The van der Waals surface area contributed by atoms with E-state index in [0.29, 0.717) is 35.3 Å². The first kappa shape index (κ1) is 23.7. The van der Waals surface area contributed by atoms with Gasteiger partial charge in [-0.25, -0.2) is 0 Å². The fourth-order valence-corrected chi connectivity index (χ4v) is 2.62. The summed E-state index contributed by atoms with van der Waals surface area (Å²) in [4.78, 5) is 24.0. The number of carbonyl (C=O) groups excluding carboxylic acids is 2. The van der Waals surface area contributed by atoms with Gasteiger partial charge in [0.25, 0.3) is 5.91 Å². The van der Waals surface area contributed by atoms with Crippen molar-refractivity contribution in [2.75, 3.05) is 46.5 Å². The Morgan fingerprint density at radius 2 is 1.45 bits per heavy atom. The molecule has 2 aromatic rings. The van der Waals surface area contributed by atoms with Crippen LogP contribution >= 0.6 is 0 Å². The van der Waals surface area contributed by atoms with Crippen LogP contribution in [-0.2, 0) is 14.3 Å². The first-order valence-electron chi connectivity index (χ1n) is 9.61. The molecule has 0 aliphatic carbocycles. The molecule has 2 aromatic carbocycles. The molecule has 0 unspecified atom stereocenters. The number of amides is 1. The predicted molar refractivity (Wildman–Crippen MR) is 113 cm³/mol. The summed E-state index contributed by atoms with van der Waals surface area (Å²) in [6.07, 6.45) is 0.00464. The van der Waals surface area contributed by atoms with Crippen molar-refractivity contribution in [1.29, 1.82) is 0 Å². The smallest absolute Gasteiger partial charge is 0.309 e. The molecule has 0 aliphatic rings. The number of methoxy groups -OCH3 is 3. The van der Waals surface area contributed by atoms with Gasteiger partial charge in [0, 0.05) is 17.8 Å². The van der Waals surface area contributed by atoms with Gasteiger partial charge in [-0.2, -0.15) is 0 Å². The molecule has 2 rings (SSSR count). The molecular weight excluding hydrogens is 406 g/mol. The summed E-state index contributed by atoms with van der Waals surface area (Å²) in [5, 5.41) is 2.62. The third-order valence-electron chi connectivity index (χ3n) is 4.02. The maximum atomic E-state index is 12.1. The molecule has 0 bridgehead atoms. The number of esters is 1. The molecule has 0 aromatic heterocycles. The van der Waals surface area contributed by atoms with Crippen LogP contribution in [0.25, 0.3) is 0 Å². The summed E-state index contributed by atoms with van der Waals surface area (Å²) >= 11 is 0. The quantitative estimate of drug-likeness (QED) is 0.510. The lowest BCUT2D eigenvalue weighted by molar-refractivity contribution is -0.147. The number of nitrogens with one attached hydrogen (secondary N) is 1. The second kappa shape index (κ2) is 12.2. The lowest BCUT2D eigenvalue weighted by atomic mass is 10.2. The molecular formula is C22H27NO8. The Bertz CT molecular complexity index is 841. The van der Waals surface area contributed by atoms with Crippen LogP contribution in [0.1, 0.15) is 13.3 Å². The SMILES string of the molecule is CCOc1ccc(OCCC(=O)OCC(=O)Nc2cc(OC)c(OC)c(OC)c2)cc1. The number of hydrogen-bond acceptors (Lipinski definition) is 8. The molecule has 0 radical (unpaired) electrons. The van der Waals surface area contributed by atoms with Gasteiger partial charge in [0.15, 0.2) is 18.1 Å². The maximum Gasteiger partial charge on any atom is 0.309 e. The highest BCUT2D eigenvalue weighted by Gasteiger charge is 2.15. The van der Waals surface area contributed by atoms with Crippen LogP contribution < -0.4 is 29.0 Å². The van der Waals surface area contributed by atoms with Crippen LogP contribution in [-0.4, -0.2) is 53.0 Å². The van der Waals surface area contributed by atoms with Crippen molar-refractivity contribution in [3.8, 4) is 28.7 Å². The highest BCUT2D eigenvalue weighted by atomic mass is 16.5. The highest BCUT2D eigenvalue weighted by Crippen LogP contribution is 2.39. The summed E-state index contributed by atoms with van der Waals surface area (Å²) in [5.74, 6) is 1.48. The van der Waals surface area contributed by atoms with Crippen LogP contribution in [0.3, 0.4) is 0 Å². The van der Waals surface area contributed by atoms with Gasteiger partial charge in [0.2, 0.25) is 5.75 Å². The second-order valence-electron chi connectivity index (χ2n) is 6.13. The zero-order chi connectivity index (χ0) is 22.6. The molecule has 0 atom stereocenters. The minimum atomic E-state index is -0.550. The van der Waals surface area contributed by atoms with Gasteiger partial charge in [-0.05, 0) is 31.2 Å². The van der Waals surface area contributed by atoms with Gasteiger partial charge in [-0.1, -0.05) is 0 Å². The summed E-state index contributed by atoms with van der Waals surface area (Å²) in [5.41, 5.74) is 0.411. The van der Waals surface area contributed by atoms with Gasteiger partial charge in [-0.15, -0.1) is 0 Å². The van der Waals surface area contributed by atoms with Gasteiger partial charge in [0.1, 0.15) is 11.5 Å². The van der Waals surface area contributed by atoms with Gasteiger partial charge >= 0.3 is 5.97 Å². The standard InChI is InChI=1S/C22H27NO8/c1-5-29-16-6-8-17(9-7-16)30-11-10-21(25)31-14-20(24)23-15-12-18(26-2)22(28-4)19(13-15)27-3/h6-9,12-13H,5,10-11,14H2,1-4H3,(H,23,24). The van der Waals surface area contributed by atoms with E-state index in [2.05, 4.69) is 5.32 Å². The summed E-state index contributed by atoms with van der Waals surface area (Å²) in [7, 11) is 4.43. The average Bonchev–Trinajstić information content (AvgIpc) is 2.78. The normalized spacial score (nSPS) is 10.1. The molecule has 1 N–H and O–H groups in total. The highest BCUT2D eigenvalue weighted by molar-refractivity contribution is 5.93. The molecule has 31 heavy (non-hydrogen) atoms. The van der Waals surface area contributed by atoms with Crippen molar-refractivity contribution >= 4 is 17.6 Å². The molecule has 168 valence electrons. The maximum absolute atomic E-state index is 12.1. The fraction of sp³-hybridized carbons (Fsp3) is 0.364. The van der Waals surface area contributed by atoms with Crippen molar-refractivity contribution in [3.05, 3.63) is 36.4 Å². The Morgan fingerprint density at radius 1 is 0.871 bits per heavy atom. The molecule has 0 aliphatic heterocycles. The van der Waals surface area contributed by atoms with Crippen LogP contribution in [0.5, 0.6) is 28.7 Å². The number of rotatable bonds is 12. The van der Waals surface area contributed by atoms with Crippen molar-refractivity contribution in [2.24, 2.45) is 0 Å². The van der Waals surface area contributed by atoms with E-state index in [1.807, 2.05) is 6.92 Å². The van der Waals surface area contributed by atoms with E-state index < -0.39 is 18.5 Å². The van der Waals surface area contributed by atoms with Gasteiger partial charge < -0.3 is 33.7 Å². The van der Waals surface area contributed by atoms with E-state index in [-0.39, 0.29) is 13.0 Å². The minimum Gasteiger partial charge on any atom is -0.494 e. The summed E-state index contributed by atoms with van der Waals surface area (Å²) in [6, 6.07) is 10.2. The van der Waals surface area contributed by atoms with Gasteiger partial charge in [-0.3, -0.25) is 9.59 Å². The lowest BCUT2D eigenvalue weighted by Gasteiger charge is -2.14. The van der Waals surface area contributed by atoms with E-state index in [1.54, 1.807) is 36.4 Å². The van der Waals surface area contributed by atoms with Crippen LogP contribution in [0.15, 0.2) is 36.4 Å². The fourth-order valence-electron chi connectivity index (χ4n) is 2.62. The summed E-state index contributed by atoms with van der Waals surface area (Å²) in [6.45, 7) is 2.18. The average molecular weight is 433 g/mol. The molecule has 9 nitrogen and oxygen atoms in total. The number of anilines is 1. The molecule has 0 heterocycles. The Morgan fingerprint density at radius 3 is 1.97 bits per heavy atom. The summed E-state index contributed by atoms with van der Waals surface area (Å²) < 4.78 is 31.5. The van der Waals surface area contributed by atoms with E-state index >= 15 is 0 Å². The van der Waals surface area contributed by atoms with Crippen molar-refractivity contribution in [1.82, 2.24) is 0 Å². The zero-order valence-corrected chi connectivity index (χ0v) is 18.1. The molecule has 1 amide bonds. The zero-order valence-electron chi connectivity index (χ0n) is 18.1. The Labute approximate surface area is 181 Å². The van der Waals surface area contributed by atoms with Crippen molar-refractivity contribution in [2.45, 2.75) is 13.3 Å². The Kier molecular flexibility index (Phi) is 9.28. The Balaban J connectivity index is 1.77. The van der Waals surface area contributed by atoms with E-state index in [0.717, 1.165) is 5.75 Å². The van der Waals surface area contributed by atoms with Crippen molar-refractivity contribution < 1.29 is 38.0 Å².